The zero-order chi connectivity index (χ0) is 16.0. The predicted octanol–water partition coefficient (Wildman–Crippen LogP) is 2.31. The molecule has 0 radical (unpaired) electrons. The molecule has 22 heavy (non-hydrogen) atoms. The minimum atomic E-state index is -0.870. The lowest BCUT2D eigenvalue weighted by atomic mass is 9.74. The maximum Gasteiger partial charge on any atom is 0.305 e. The van der Waals surface area contributed by atoms with E-state index in [1.54, 1.807) is 12.1 Å². The van der Waals surface area contributed by atoms with E-state index in [9.17, 15) is 9.59 Å². The molecule has 6 heteroatoms. The van der Waals surface area contributed by atoms with E-state index in [2.05, 4.69) is 11.4 Å². The normalized spacial score (nSPS) is 15.4. The van der Waals surface area contributed by atoms with Gasteiger partial charge in [-0.3, -0.25) is 9.59 Å². The fraction of sp³-hybridized carbons (Fsp3) is 0.438. The number of thioether (sulfide) groups is 1. The van der Waals surface area contributed by atoms with Crippen LogP contribution in [0.1, 0.15) is 36.8 Å². The van der Waals surface area contributed by atoms with Gasteiger partial charge in [0.2, 0.25) is 5.91 Å². The summed E-state index contributed by atoms with van der Waals surface area (Å²) >= 11 is 1.48. The van der Waals surface area contributed by atoms with Gasteiger partial charge in [0.15, 0.2) is 0 Å². The number of carbonyl (C=O) groups excluding carboxylic acids is 1. The van der Waals surface area contributed by atoms with Gasteiger partial charge in [-0.05, 0) is 37.0 Å². The molecule has 0 aliphatic heterocycles. The predicted molar refractivity (Wildman–Crippen MR) is 84.3 cm³/mol. The van der Waals surface area contributed by atoms with Gasteiger partial charge in [-0.2, -0.15) is 5.26 Å². The maximum absolute atomic E-state index is 12.0. The lowest BCUT2D eigenvalue weighted by Gasteiger charge is -2.41. The zero-order valence-electron chi connectivity index (χ0n) is 12.2. The first kappa shape index (κ1) is 16.4. The number of carbonyl (C=O) groups is 2. The topological polar surface area (TPSA) is 90.2 Å². The summed E-state index contributed by atoms with van der Waals surface area (Å²) in [6.07, 6.45) is 2.45. The largest absolute Gasteiger partial charge is 0.481 e. The van der Waals surface area contributed by atoms with E-state index in [-0.39, 0.29) is 12.3 Å². The van der Waals surface area contributed by atoms with Gasteiger partial charge in [-0.15, -0.1) is 11.8 Å². The highest BCUT2D eigenvalue weighted by atomic mass is 32.2. The minimum absolute atomic E-state index is 0.000964. The lowest BCUT2D eigenvalue weighted by molar-refractivity contribution is -0.140. The monoisotopic (exact) mass is 318 g/mol. The van der Waals surface area contributed by atoms with E-state index in [0.717, 1.165) is 24.8 Å². The summed E-state index contributed by atoms with van der Waals surface area (Å²) in [5.41, 5.74) is 1.14. The molecule has 0 spiro atoms. The Morgan fingerprint density at radius 2 is 2.00 bits per heavy atom. The summed E-state index contributed by atoms with van der Waals surface area (Å²) in [5, 5.41) is 20.5. The van der Waals surface area contributed by atoms with Crippen LogP contribution in [0, 0.1) is 11.3 Å². The SMILES string of the molecule is N#Cc1ccc(CSCC(=O)NC2(CC(=O)O)CCC2)cc1. The van der Waals surface area contributed by atoms with Gasteiger partial charge >= 0.3 is 5.97 Å². The first-order valence-corrected chi connectivity index (χ1v) is 8.28. The summed E-state index contributed by atoms with van der Waals surface area (Å²) in [5.74, 6) is 0.0109. The van der Waals surface area contributed by atoms with E-state index in [4.69, 9.17) is 10.4 Å². The second kappa shape index (κ2) is 7.32. The van der Waals surface area contributed by atoms with Gasteiger partial charge in [-0.1, -0.05) is 12.1 Å². The molecule has 1 aromatic carbocycles. The number of rotatable bonds is 7. The number of amides is 1. The molecule has 0 bridgehead atoms. The van der Waals surface area contributed by atoms with E-state index in [0.29, 0.717) is 17.1 Å². The lowest BCUT2D eigenvalue weighted by Crippen LogP contribution is -2.55. The van der Waals surface area contributed by atoms with E-state index >= 15 is 0 Å². The molecule has 2 N–H and O–H groups in total. The quantitative estimate of drug-likeness (QED) is 0.805. The summed E-state index contributed by atoms with van der Waals surface area (Å²) in [7, 11) is 0. The molecule has 0 aromatic heterocycles. The number of benzene rings is 1. The number of nitrogens with one attached hydrogen (secondary N) is 1. The van der Waals surface area contributed by atoms with Gasteiger partial charge in [0.1, 0.15) is 0 Å². The number of hydrogen-bond acceptors (Lipinski definition) is 4. The van der Waals surface area contributed by atoms with Crippen molar-refractivity contribution in [1.82, 2.24) is 5.32 Å². The molecule has 1 fully saturated rings. The van der Waals surface area contributed by atoms with Crippen LogP contribution in [0.4, 0.5) is 0 Å². The van der Waals surface area contributed by atoms with Crippen molar-refractivity contribution in [2.75, 3.05) is 5.75 Å². The third-order valence-corrected chi connectivity index (χ3v) is 4.79. The van der Waals surface area contributed by atoms with Crippen molar-refractivity contribution < 1.29 is 14.7 Å². The van der Waals surface area contributed by atoms with Crippen LogP contribution in [0.15, 0.2) is 24.3 Å². The highest BCUT2D eigenvalue weighted by Crippen LogP contribution is 2.35. The number of carboxylic acids is 1. The number of carboxylic acid groups (broad SMARTS) is 1. The van der Waals surface area contributed by atoms with E-state index in [1.807, 2.05) is 12.1 Å². The fourth-order valence-electron chi connectivity index (χ4n) is 2.51. The average Bonchev–Trinajstić information content (AvgIpc) is 2.45. The highest BCUT2D eigenvalue weighted by molar-refractivity contribution is 7.99. The van der Waals surface area contributed by atoms with Crippen LogP contribution in [0.2, 0.25) is 0 Å². The Balaban J connectivity index is 1.75. The Kier molecular flexibility index (Phi) is 5.45. The third kappa shape index (κ3) is 4.50. The Hall–Kier alpha value is -2.00. The van der Waals surface area contributed by atoms with Gasteiger partial charge in [0, 0.05) is 5.75 Å². The molecule has 1 amide bonds. The van der Waals surface area contributed by atoms with Gasteiger partial charge in [0.05, 0.1) is 29.3 Å². The van der Waals surface area contributed by atoms with E-state index in [1.165, 1.54) is 11.8 Å². The molecule has 0 unspecified atom stereocenters. The van der Waals surface area contributed by atoms with Gasteiger partial charge in [0.25, 0.3) is 0 Å². The van der Waals surface area contributed by atoms with Gasteiger partial charge < -0.3 is 10.4 Å². The fourth-order valence-corrected chi connectivity index (χ4v) is 3.30. The van der Waals surface area contributed by atoms with Crippen LogP contribution in [-0.2, 0) is 15.3 Å². The third-order valence-electron chi connectivity index (χ3n) is 3.79. The Morgan fingerprint density at radius 3 is 2.50 bits per heavy atom. The molecule has 0 saturated heterocycles. The molecule has 1 saturated carbocycles. The van der Waals surface area contributed by atoms with Crippen molar-refractivity contribution in [3.63, 3.8) is 0 Å². The standard InChI is InChI=1S/C16H18N2O3S/c17-9-12-2-4-13(5-3-12)10-22-11-14(19)18-16(6-1-7-16)8-15(20)21/h2-5H,1,6-8,10-11H2,(H,18,19)(H,20,21). The number of nitrogens with zero attached hydrogens (tertiary/aromatic N) is 1. The molecule has 2 rings (SSSR count). The number of aliphatic carboxylic acids is 1. The summed E-state index contributed by atoms with van der Waals surface area (Å²) in [6, 6.07) is 9.33. The van der Waals surface area contributed by atoms with Crippen molar-refractivity contribution in [3.05, 3.63) is 35.4 Å². The van der Waals surface area contributed by atoms with Crippen LogP contribution in [0.3, 0.4) is 0 Å². The summed E-state index contributed by atoms with van der Waals surface area (Å²) < 4.78 is 0. The second-order valence-corrected chi connectivity index (χ2v) is 6.54. The first-order valence-electron chi connectivity index (χ1n) is 7.13. The van der Waals surface area contributed by atoms with Crippen molar-refractivity contribution in [3.8, 4) is 6.07 Å². The molecule has 0 heterocycles. The van der Waals surface area contributed by atoms with Crippen molar-refractivity contribution in [2.45, 2.75) is 37.0 Å². The van der Waals surface area contributed by atoms with Crippen molar-refractivity contribution in [1.29, 1.82) is 5.26 Å². The Bertz CT molecular complexity index is 588. The molecular weight excluding hydrogens is 300 g/mol. The molecule has 0 atom stereocenters. The van der Waals surface area contributed by atoms with Crippen molar-refractivity contribution >= 4 is 23.6 Å². The molecule has 1 aromatic rings. The zero-order valence-corrected chi connectivity index (χ0v) is 13.0. The molecular formula is C16H18N2O3S. The van der Waals surface area contributed by atoms with Crippen LogP contribution >= 0.6 is 11.8 Å². The molecule has 5 nitrogen and oxygen atoms in total. The van der Waals surface area contributed by atoms with E-state index < -0.39 is 11.5 Å². The van der Waals surface area contributed by atoms with Crippen LogP contribution in [0.5, 0.6) is 0 Å². The number of hydrogen-bond donors (Lipinski definition) is 2. The second-order valence-electron chi connectivity index (χ2n) is 5.55. The minimum Gasteiger partial charge on any atom is -0.481 e. The highest BCUT2D eigenvalue weighted by Gasteiger charge is 2.40. The van der Waals surface area contributed by atoms with Crippen LogP contribution in [-0.4, -0.2) is 28.3 Å². The Morgan fingerprint density at radius 1 is 1.32 bits per heavy atom. The van der Waals surface area contributed by atoms with Crippen molar-refractivity contribution in [2.24, 2.45) is 0 Å². The van der Waals surface area contributed by atoms with Crippen LogP contribution < -0.4 is 5.32 Å². The molecule has 1 aliphatic rings. The first-order chi connectivity index (χ1) is 10.5. The molecule has 1 aliphatic carbocycles. The summed E-state index contributed by atoms with van der Waals surface area (Å²) in [6.45, 7) is 0. The summed E-state index contributed by atoms with van der Waals surface area (Å²) in [4.78, 5) is 22.8. The Labute approximate surface area is 133 Å². The average molecular weight is 318 g/mol. The smallest absolute Gasteiger partial charge is 0.305 e. The maximum atomic E-state index is 12.0. The van der Waals surface area contributed by atoms with Gasteiger partial charge in [-0.25, -0.2) is 0 Å². The molecule has 116 valence electrons. The number of nitriles is 1. The van der Waals surface area contributed by atoms with Crippen LogP contribution in [0.25, 0.3) is 0 Å².